The molecule has 1 fully saturated rings. The summed E-state index contributed by atoms with van der Waals surface area (Å²) in [4.78, 5) is 14.1. The van der Waals surface area contributed by atoms with Gasteiger partial charge >= 0.3 is 5.97 Å². The molecule has 0 aromatic rings. The highest BCUT2D eigenvalue weighted by Crippen LogP contribution is 2.18. The Labute approximate surface area is 106 Å². The van der Waals surface area contributed by atoms with E-state index in [9.17, 15) is 4.79 Å². The van der Waals surface area contributed by atoms with Gasteiger partial charge in [0.25, 0.3) is 0 Å². The van der Waals surface area contributed by atoms with Gasteiger partial charge in [-0.3, -0.25) is 4.79 Å². The van der Waals surface area contributed by atoms with Crippen LogP contribution >= 0.6 is 0 Å². The lowest BCUT2D eigenvalue weighted by Crippen LogP contribution is -2.39. The maximum absolute atomic E-state index is 11.7. The van der Waals surface area contributed by atoms with Crippen LogP contribution in [0.15, 0.2) is 0 Å². The molecule has 1 aliphatic rings. The van der Waals surface area contributed by atoms with Gasteiger partial charge in [-0.1, -0.05) is 13.8 Å². The normalized spacial score (nSPS) is 21.8. The molecule has 1 heterocycles. The summed E-state index contributed by atoms with van der Waals surface area (Å²) in [6.45, 7) is 10.1. The van der Waals surface area contributed by atoms with Crippen molar-refractivity contribution in [2.75, 3.05) is 26.2 Å². The minimum absolute atomic E-state index is 0.000981. The van der Waals surface area contributed by atoms with Gasteiger partial charge in [-0.15, -0.1) is 0 Å². The standard InChI is InChI=1S/C14H27NO2/c1-4-17-14(16)13-8-6-10-15(11-13)9-5-7-12(2)3/h12-13H,4-11H2,1-3H3/t13-/m0/s1. The Morgan fingerprint density at radius 1 is 1.47 bits per heavy atom. The van der Waals surface area contributed by atoms with Crippen molar-refractivity contribution in [2.45, 2.75) is 46.5 Å². The molecule has 0 radical (unpaired) electrons. The molecule has 0 amide bonds. The molecule has 0 spiro atoms. The third kappa shape index (κ3) is 5.53. The van der Waals surface area contributed by atoms with E-state index in [1.54, 1.807) is 0 Å². The Morgan fingerprint density at radius 2 is 2.24 bits per heavy atom. The second-order valence-corrected chi connectivity index (χ2v) is 5.43. The van der Waals surface area contributed by atoms with E-state index < -0.39 is 0 Å². The molecule has 0 saturated carbocycles. The van der Waals surface area contributed by atoms with Crippen LogP contribution in [0.2, 0.25) is 0 Å². The lowest BCUT2D eigenvalue weighted by molar-refractivity contribution is -0.149. The van der Waals surface area contributed by atoms with Crippen molar-refractivity contribution < 1.29 is 9.53 Å². The van der Waals surface area contributed by atoms with E-state index in [0.717, 1.165) is 38.4 Å². The molecular formula is C14H27NO2. The van der Waals surface area contributed by atoms with E-state index in [-0.39, 0.29) is 11.9 Å². The van der Waals surface area contributed by atoms with Crippen LogP contribution in [0.3, 0.4) is 0 Å². The molecule has 3 nitrogen and oxygen atoms in total. The summed E-state index contributed by atoms with van der Waals surface area (Å²) >= 11 is 0. The fraction of sp³-hybridized carbons (Fsp3) is 0.929. The molecule has 100 valence electrons. The van der Waals surface area contributed by atoms with E-state index in [1.807, 2.05) is 6.92 Å². The molecule has 0 aliphatic carbocycles. The Bertz CT molecular complexity index is 228. The van der Waals surface area contributed by atoms with E-state index in [2.05, 4.69) is 18.7 Å². The predicted molar refractivity (Wildman–Crippen MR) is 69.9 cm³/mol. The highest BCUT2D eigenvalue weighted by atomic mass is 16.5. The van der Waals surface area contributed by atoms with Gasteiger partial charge in [-0.05, 0) is 51.6 Å². The quantitative estimate of drug-likeness (QED) is 0.670. The topological polar surface area (TPSA) is 29.5 Å². The third-order valence-electron chi connectivity index (χ3n) is 3.38. The van der Waals surface area contributed by atoms with Gasteiger partial charge in [0.05, 0.1) is 12.5 Å². The average molecular weight is 241 g/mol. The SMILES string of the molecule is CCOC(=O)[C@H]1CCCN(CCCC(C)C)C1. The van der Waals surface area contributed by atoms with Crippen molar-refractivity contribution in [3.8, 4) is 0 Å². The van der Waals surface area contributed by atoms with Crippen LogP contribution in [-0.4, -0.2) is 37.1 Å². The first kappa shape index (κ1) is 14.5. The first-order valence-corrected chi connectivity index (χ1v) is 7.02. The van der Waals surface area contributed by atoms with Gasteiger partial charge in [0, 0.05) is 6.54 Å². The number of rotatable bonds is 6. The molecule has 3 heteroatoms. The molecule has 0 bridgehead atoms. The molecule has 1 atom stereocenters. The lowest BCUT2D eigenvalue weighted by Gasteiger charge is -2.31. The number of likely N-dealkylation sites (tertiary alicyclic amines) is 1. The molecule has 1 rings (SSSR count). The van der Waals surface area contributed by atoms with Crippen molar-refractivity contribution in [1.29, 1.82) is 0 Å². The number of nitrogens with zero attached hydrogens (tertiary/aromatic N) is 1. The average Bonchev–Trinajstić information content (AvgIpc) is 2.29. The summed E-state index contributed by atoms with van der Waals surface area (Å²) in [5, 5.41) is 0. The van der Waals surface area contributed by atoms with E-state index in [1.165, 1.54) is 12.8 Å². The summed E-state index contributed by atoms with van der Waals surface area (Å²) in [6, 6.07) is 0. The Hall–Kier alpha value is -0.570. The summed E-state index contributed by atoms with van der Waals surface area (Å²) in [7, 11) is 0. The molecule has 1 saturated heterocycles. The van der Waals surface area contributed by atoms with Gasteiger partial charge in [-0.2, -0.15) is 0 Å². The molecule has 17 heavy (non-hydrogen) atoms. The minimum Gasteiger partial charge on any atom is -0.466 e. The smallest absolute Gasteiger partial charge is 0.310 e. The van der Waals surface area contributed by atoms with E-state index >= 15 is 0 Å². The van der Waals surface area contributed by atoms with Crippen molar-refractivity contribution in [3.05, 3.63) is 0 Å². The van der Waals surface area contributed by atoms with Gasteiger partial charge in [0.2, 0.25) is 0 Å². The van der Waals surface area contributed by atoms with Gasteiger partial charge in [0.1, 0.15) is 0 Å². The van der Waals surface area contributed by atoms with Crippen LogP contribution in [0.5, 0.6) is 0 Å². The second-order valence-electron chi connectivity index (χ2n) is 5.43. The summed E-state index contributed by atoms with van der Waals surface area (Å²) in [6.07, 6.45) is 4.65. The summed E-state index contributed by atoms with van der Waals surface area (Å²) in [5.41, 5.74) is 0. The van der Waals surface area contributed by atoms with E-state index in [4.69, 9.17) is 4.74 Å². The summed E-state index contributed by atoms with van der Waals surface area (Å²) in [5.74, 6) is 0.893. The zero-order valence-electron chi connectivity index (χ0n) is 11.6. The van der Waals surface area contributed by atoms with Crippen molar-refractivity contribution in [1.82, 2.24) is 4.90 Å². The molecule has 0 unspecified atom stereocenters. The highest BCUT2D eigenvalue weighted by molar-refractivity contribution is 5.72. The van der Waals surface area contributed by atoms with Gasteiger partial charge in [-0.25, -0.2) is 0 Å². The summed E-state index contributed by atoms with van der Waals surface area (Å²) < 4.78 is 5.11. The molecule has 0 aromatic heterocycles. The number of hydrogen-bond acceptors (Lipinski definition) is 3. The first-order chi connectivity index (χ1) is 8.13. The fourth-order valence-electron chi connectivity index (χ4n) is 2.43. The molecule has 0 N–H and O–H groups in total. The predicted octanol–water partition coefficient (Wildman–Crippen LogP) is 2.70. The van der Waals surface area contributed by atoms with Crippen molar-refractivity contribution >= 4 is 5.97 Å². The number of carbonyl (C=O) groups is 1. The number of piperidine rings is 1. The molecule has 0 aromatic carbocycles. The van der Waals surface area contributed by atoms with Crippen molar-refractivity contribution in [3.63, 3.8) is 0 Å². The largest absolute Gasteiger partial charge is 0.466 e. The van der Waals surface area contributed by atoms with Crippen LogP contribution in [0.25, 0.3) is 0 Å². The number of hydrogen-bond donors (Lipinski definition) is 0. The van der Waals surface area contributed by atoms with Gasteiger partial charge < -0.3 is 9.64 Å². The second kappa shape index (κ2) is 7.70. The number of esters is 1. The lowest BCUT2D eigenvalue weighted by atomic mass is 9.97. The fourth-order valence-corrected chi connectivity index (χ4v) is 2.43. The number of ether oxygens (including phenoxy) is 1. The molecular weight excluding hydrogens is 214 g/mol. The Morgan fingerprint density at radius 3 is 2.88 bits per heavy atom. The monoisotopic (exact) mass is 241 g/mol. The zero-order chi connectivity index (χ0) is 12.7. The number of carbonyl (C=O) groups excluding carboxylic acids is 1. The first-order valence-electron chi connectivity index (χ1n) is 7.02. The maximum Gasteiger partial charge on any atom is 0.310 e. The maximum atomic E-state index is 11.7. The van der Waals surface area contributed by atoms with E-state index in [0.29, 0.717) is 6.61 Å². The minimum atomic E-state index is 0.000981. The van der Waals surface area contributed by atoms with Crippen LogP contribution < -0.4 is 0 Å². The van der Waals surface area contributed by atoms with Crippen LogP contribution in [0.4, 0.5) is 0 Å². The molecule has 1 aliphatic heterocycles. The van der Waals surface area contributed by atoms with Crippen LogP contribution in [-0.2, 0) is 9.53 Å². The third-order valence-corrected chi connectivity index (χ3v) is 3.38. The zero-order valence-corrected chi connectivity index (χ0v) is 11.6. The van der Waals surface area contributed by atoms with Crippen LogP contribution in [0, 0.1) is 11.8 Å². The van der Waals surface area contributed by atoms with Crippen molar-refractivity contribution in [2.24, 2.45) is 11.8 Å². The highest BCUT2D eigenvalue weighted by Gasteiger charge is 2.26. The Balaban J connectivity index is 2.26. The Kier molecular flexibility index (Phi) is 6.56. The van der Waals surface area contributed by atoms with Crippen LogP contribution in [0.1, 0.15) is 46.5 Å². The van der Waals surface area contributed by atoms with Gasteiger partial charge in [0.15, 0.2) is 0 Å².